The fourth-order valence-corrected chi connectivity index (χ4v) is 1.68. The minimum atomic E-state index is 0. The average Bonchev–Trinajstić information content (AvgIpc) is 2.26. The highest BCUT2D eigenvalue weighted by atomic mass is 35.5. The Balaban J connectivity index is 0.00000144. The van der Waals surface area contributed by atoms with Crippen LogP contribution >= 0.6 is 0 Å². The molecule has 0 saturated carbocycles. The number of fused-ring (bicyclic) bond motifs is 1. The maximum atomic E-state index is 9.44. The predicted molar refractivity (Wildman–Crippen MR) is 63.7 cm³/mol. The van der Waals surface area contributed by atoms with Gasteiger partial charge < -0.3 is 27.9 Å². The molecule has 0 aliphatic heterocycles. The molecule has 0 amide bonds. The van der Waals surface area contributed by atoms with E-state index in [1.165, 1.54) is 0 Å². The van der Waals surface area contributed by atoms with Crippen molar-refractivity contribution in [1.82, 2.24) is 4.98 Å². The standard InChI is InChI=1S/C12H14N2O2.ClH/c1-8-6-12(13-4-5-15)10-7-9(16)2-3-11(10)14-8;/h2-3,6-7,15-16H,4-5H2,1H3,(H,13,14);1H/p-1. The zero-order valence-corrected chi connectivity index (χ0v) is 10.2. The van der Waals surface area contributed by atoms with Gasteiger partial charge in [0.25, 0.3) is 0 Å². The van der Waals surface area contributed by atoms with Crippen LogP contribution in [0.5, 0.6) is 5.75 Å². The van der Waals surface area contributed by atoms with Crippen LogP contribution in [0, 0.1) is 6.92 Å². The average molecular weight is 254 g/mol. The van der Waals surface area contributed by atoms with E-state index in [1.807, 2.05) is 13.0 Å². The van der Waals surface area contributed by atoms with Crippen molar-refractivity contribution >= 4 is 16.6 Å². The number of aromatic nitrogens is 1. The molecule has 0 spiro atoms. The highest BCUT2D eigenvalue weighted by molar-refractivity contribution is 5.92. The number of hydrogen-bond acceptors (Lipinski definition) is 4. The molecule has 2 aromatic rings. The van der Waals surface area contributed by atoms with Crippen molar-refractivity contribution in [2.24, 2.45) is 0 Å². The first-order valence-electron chi connectivity index (χ1n) is 5.16. The number of aliphatic hydroxyl groups excluding tert-OH is 1. The minimum absolute atomic E-state index is 0. The van der Waals surface area contributed by atoms with Gasteiger partial charge in [-0.3, -0.25) is 4.98 Å². The number of phenolic OH excluding ortho intramolecular Hbond substituents is 1. The minimum Gasteiger partial charge on any atom is -1.00 e. The molecular weight excluding hydrogens is 240 g/mol. The molecule has 0 fully saturated rings. The highest BCUT2D eigenvalue weighted by Gasteiger charge is 2.04. The molecule has 0 aliphatic rings. The van der Waals surface area contributed by atoms with Gasteiger partial charge in [-0.2, -0.15) is 0 Å². The van der Waals surface area contributed by atoms with Crippen molar-refractivity contribution in [3.8, 4) is 5.75 Å². The first kappa shape index (κ1) is 13.5. The van der Waals surface area contributed by atoms with Crippen molar-refractivity contribution in [3.63, 3.8) is 0 Å². The molecular formula is C12H14ClN2O2-. The number of aromatic hydroxyl groups is 1. The van der Waals surface area contributed by atoms with Gasteiger partial charge in [-0.25, -0.2) is 0 Å². The van der Waals surface area contributed by atoms with E-state index in [0.717, 1.165) is 22.3 Å². The fraction of sp³-hybridized carbons (Fsp3) is 0.250. The lowest BCUT2D eigenvalue weighted by atomic mass is 10.1. The van der Waals surface area contributed by atoms with Crippen LogP contribution in [-0.2, 0) is 0 Å². The second kappa shape index (κ2) is 5.70. The maximum Gasteiger partial charge on any atom is 0.116 e. The van der Waals surface area contributed by atoms with Crippen molar-refractivity contribution in [1.29, 1.82) is 0 Å². The van der Waals surface area contributed by atoms with Crippen molar-refractivity contribution in [3.05, 3.63) is 30.0 Å². The summed E-state index contributed by atoms with van der Waals surface area (Å²) in [4.78, 5) is 4.37. The quantitative estimate of drug-likeness (QED) is 0.633. The summed E-state index contributed by atoms with van der Waals surface area (Å²) in [5.74, 6) is 0.213. The number of rotatable bonds is 3. The molecule has 1 aromatic heterocycles. The van der Waals surface area contributed by atoms with E-state index in [9.17, 15) is 5.11 Å². The monoisotopic (exact) mass is 253 g/mol. The van der Waals surface area contributed by atoms with Crippen molar-refractivity contribution in [2.75, 3.05) is 18.5 Å². The summed E-state index contributed by atoms with van der Waals surface area (Å²) >= 11 is 0. The Morgan fingerprint density at radius 3 is 2.76 bits per heavy atom. The Labute approximate surface area is 106 Å². The first-order chi connectivity index (χ1) is 7.70. The summed E-state index contributed by atoms with van der Waals surface area (Å²) in [7, 11) is 0. The van der Waals surface area contributed by atoms with Crippen LogP contribution in [-0.4, -0.2) is 28.3 Å². The summed E-state index contributed by atoms with van der Waals surface area (Å²) < 4.78 is 0. The molecule has 0 aliphatic carbocycles. The SMILES string of the molecule is Cc1cc(NCCO)c2cc(O)ccc2n1.[Cl-]. The topological polar surface area (TPSA) is 65.4 Å². The van der Waals surface area contributed by atoms with E-state index >= 15 is 0 Å². The Bertz CT molecular complexity index is 517. The number of pyridine rings is 1. The van der Waals surface area contributed by atoms with Gasteiger partial charge in [-0.05, 0) is 31.2 Å². The smallest absolute Gasteiger partial charge is 0.116 e. The molecule has 0 bridgehead atoms. The van der Waals surface area contributed by atoms with Gasteiger partial charge in [0, 0.05) is 23.3 Å². The Morgan fingerprint density at radius 2 is 2.06 bits per heavy atom. The van der Waals surface area contributed by atoms with E-state index in [4.69, 9.17) is 5.11 Å². The van der Waals surface area contributed by atoms with E-state index in [1.54, 1.807) is 18.2 Å². The number of nitrogens with zero attached hydrogens (tertiary/aromatic N) is 1. The van der Waals surface area contributed by atoms with Gasteiger partial charge in [0.1, 0.15) is 5.75 Å². The highest BCUT2D eigenvalue weighted by Crippen LogP contribution is 2.26. The molecule has 3 N–H and O–H groups in total. The zero-order chi connectivity index (χ0) is 11.5. The predicted octanol–water partition coefficient (Wildman–Crippen LogP) is -1.34. The third-order valence-electron chi connectivity index (χ3n) is 2.35. The van der Waals surface area contributed by atoms with Gasteiger partial charge in [0.2, 0.25) is 0 Å². The number of anilines is 1. The molecule has 0 unspecified atom stereocenters. The second-order valence-corrected chi connectivity index (χ2v) is 3.66. The van der Waals surface area contributed by atoms with Crippen LogP contribution in [0.25, 0.3) is 10.9 Å². The third-order valence-corrected chi connectivity index (χ3v) is 2.35. The van der Waals surface area contributed by atoms with Crippen LogP contribution in [0.4, 0.5) is 5.69 Å². The summed E-state index contributed by atoms with van der Waals surface area (Å²) in [6.07, 6.45) is 0. The summed E-state index contributed by atoms with van der Waals surface area (Å²) in [6.45, 7) is 2.46. The van der Waals surface area contributed by atoms with E-state index in [-0.39, 0.29) is 24.8 Å². The zero-order valence-electron chi connectivity index (χ0n) is 9.44. The fourth-order valence-electron chi connectivity index (χ4n) is 1.68. The second-order valence-electron chi connectivity index (χ2n) is 3.66. The molecule has 92 valence electrons. The normalized spacial score (nSPS) is 10.0. The van der Waals surface area contributed by atoms with E-state index in [0.29, 0.717) is 6.54 Å². The molecule has 0 saturated heterocycles. The van der Waals surface area contributed by atoms with Crippen LogP contribution in [0.1, 0.15) is 5.69 Å². The number of aryl methyl sites for hydroxylation is 1. The lowest BCUT2D eigenvalue weighted by Gasteiger charge is -2.09. The van der Waals surface area contributed by atoms with E-state index < -0.39 is 0 Å². The van der Waals surface area contributed by atoms with Crippen LogP contribution < -0.4 is 17.7 Å². The van der Waals surface area contributed by atoms with Crippen molar-refractivity contribution < 1.29 is 22.6 Å². The number of aliphatic hydroxyl groups is 1. The molecule has 1 aromatic carbocycles. The Hall–Kier alpha value is -1.52. The summed E-state index contributed by atoms with van der Waals surface area (Å²) in [6, 6.07) is 6.96. The number of halogens is 1. The Morgan fingerprint density at radius 1 is 1.29 bits per heavy atom. The number of hydrogen-bond donors (Lipinski definition) is 3. The van der Waals surface area contributed by atoms with Gasteiger partial charge in [0.05, 0.1) is 12.1 Å². The Kier molecular flexibility index (Phi) is 4.54. The lowest BCUT2D eigenvalue weighted by molar-refractivity contribution is -0.00000547. The molecule has 17 heavy (non-hydrogen) atoms. The van der Waals surface area contributed by atoms with Crippen LogP contribution in [0.2, 0.25) is 0 Å². The summed E-state index contributed by atoms with van der Waals surface area (Å²) in [5, 5.41) is 22.2. The molecule has 4 nitrogen and oxygen atoms in total. The van der Waals surface area contributed by atoms with Crippen molar-refractivity contribution in [2.45, 2.75) is 6.92 Å². The molecule has 5 heteroatoms. The lowest BCUT2D eigenvalue weighted by Crippen LogP contribution is -3.00. The first-order valence-corrected chi connectivity index (χ1v) is 5.16. The van der Waals surface area contributed by atoms with Gasteiger partial charge >= 0.3 is 0 Å². The number of nitrogens with one attached hydrogen (secondary N) is 1. The largest absolute Gasteiger partial charge is 1.00 e. The molecule has 0 atom stereocenters. The van der Waals surface area contributed by atoms with E-state index in [2.05, 4.69) is 10.3 Å². The van der Waals surface area contributed by atoms with Crippen LogP contribution in [0.15, 0.2) is 24.3 Å². The number of phenols is 1. The molecule has 2 rings (SSSR count). The molecule has 0 radical (unpaired) electrons. The summed E-state index contributed by atoms with van der Waals surface area (Å²) in [5.41, 5.74) is 2.62. The van der Waals surface area contributed by atoms with Crippen LogP contribution in [0.3, 0.4) is 0 Å². The number of benzene rings is 1. The van der Waals surface area contributed by atoms with Gasteiger partial charge in [0.15, 0.2) is 0 Å². The van der Waals surface area contributed by atoms with Gasteiger partial charge in [-0.1, -0.05) is 0 Å². The maximum absolute atomic E-state index is 9.44. The van der Waals surface area contributed by atoms with Gasteiger partial charge in [-0.15, -0.1) is 0 Å². The molecule has 1 heterocycles. The third kappa shape index (κ3) is 2.99.